The first-order valence-corrected chi connectivity index (χ1v) is 7.30. The number of nitrogens with two attached hydrogens (primary N) is 1. The number of thiophene rings is 1. The molecule has 1 fully saturated rings. The Balaban J connectivity index is 2.06. The molecule has 0 atom stereocenters. The standard InChI is InChI=1S/C13H16N4O2S/c1-7-8(2)15-16-12-9(7)10(14)11(20-12)13(18)17-3-5-19-6-4-17/h3-6,14H2,1-2H3. The minimum absolute atomic E-state index is 0.0362. The SMILES string of the molecule is Cc1nnc2sc(C(=O)N3CCOCC3)c(N)c2c1C. The van der Waals surface area contributed by atoms with Crippen molar-refractivity contribution in [2.45, 2.75) is 13.8 Å². The predicted molar refractivity (Wildman–Crippen MR) is 78.0 cm³/mol. The molecule has 3 heterocycles. The van der Waals surface area contributed by atoms with Crippen molar-refractivity contribution in [2.75, 3.05) is 32.0 Å². The normalized spacial score (nSPS) is 15.8. The van der Waals surface area contributed by atoms with E-state index in [0.717, 1.165) is 21.5 Å². The zero-order valence-electron chi connectivity index (χ0n) is 11.5. The molecule has 3 rings (SSSR count). The van der Waals surface area contributed by atoms with Crippen LogP contribution in [0.25, 0.3) is 10.2 Å². The van der Waals surface area contributed by atoms with Crippen LogP contribution >= 0.6 is 11.3 Å². The lowest BCUT2D eigenvalue weighted by Gasteiger charge is -2.26. The molecule has 2 aromatic rings. The fourth-order valence-corrected chi connectivity index (χ4v) is 3.38. The van der Waals surface area contributed by atoms with Crippen molar-refractivity contribution in [1.82, 2.24) is 15.1 Å². The summed E-state index contributed by atoms with van der Waals surface area (Å²) in [6.45, 7) is 6.22. The first-order valence-electron chi connectivity index (χ1n) is 6.48. The third kappa shape index (κ3) is 2.03. The average Bonchev–Trinajstić information content (AvgIpc) is 2.81. The van der Waals surface area contributed by atoms with Gasteiger partial charge in [-0.25, -0.2) is 0 Å². The van der Waals surface area contributed by atoms with Crippen molar-refractivity contribution in [3.8, 4) is 0 Å². The number of morpholine rings is 1. The predicted octanol–water partition coefficient (Wildman–Crippen LogP) is 1.36. The van der Waals surface area contributed by atoms with Gasteiger partial charge in [0.2, 0.25) is 0 Å². The first-order chi connectivity index (χ1) is 9.59. The molecular weight excluding hydrogens is 276 g/mol. The summed E-state index contributed by atoms with van der Waals surface area (Å²) in [6, 6.07) is 0. The van der Waals surface area contributed by atoms with Gasteiger partial charge in [0.25, 0.3) is 5.91 Å². The van der Waals surface area contributed by atoms with E-state index in [4.69, 9.17) is 10.5 Å². The quantitative estimate of drug-likeness (QED) is 0.858. The zero-order chi connectivity index (χ0) is 14.3. The van der Waals surface area contributed by atoms with Crippen LogP contribution in [-0.2, 0) is 4.74 Å². The first kappa shape index (κ1) is 13.3. The molecule has 0 bridgehead atoms. The molecule has 1 saturated heterocycles. The molecule has 106 valence electrons. The third-order valence-electron chi connectivity index (χ3n) is 3.63. The number of hydrogen-bond donors (Lipinski definition) is 1. The van der Waals surface area contributed by atoms with Gasteiger partial charge in [-0.1, -0.05) is 0 Å². The smallest absolute Gasteiger partial charge is 0.266 e. The molecule has 6 nitrogen and oxygen atoms in total. The molecule has 0 saturated carbocycles. The largest absolute Gasteiger partial charge is 0.397 e. The minimum Gasteiger partial charge on any atom is -0.397 e. The Morgan fingerprint density at radius 3 is 2.70 bits per heavy atom. The van der Waals surface area contributed by atoms with Gasteiger partial charge in [0.05, 0.1) is 24.6 Å². The number of carbonyl (C=O) groups is 1. The highest BCUT2D eigenvalue weighted by Crippen LogP contribution is 2.35. The third-order valence-corrected chi connectivity index (χ3v) is 4.71. The van der Waals surface area contributed by atoms with E-state index >= 15 is 0 Å². The Morgan fingerprint density at radius 2 is 2.00 bits per heavy atom. The summed E-state index contributed by atoms with van der Waals surface area (Å²) in [5, 5.41) is 9.10. The fourth-order valence-electron chi connectivity index (χ4n) is 2.31. The minimum atomic E-state index is -0.0362. The van der Waals surface area contributed by atoms with E-state index in [2.05, 4.69) is 10.2 Å². The van der Waals surface area contributed by atoms with Gasteiger partial charge in [0.1, 0.15) is 9.71 Å². The Kier molecular flexibility index (Phi) is 3.31. The fraction of sp³-hybridized carbons (Fsp3) is 0.462. The van der Waals surface area contributed by atoms with Gasteiger partial charge in [0.15, 0.2) is 0 Å². The van der Waals surface area contributed by atoms with E-state index in [1.807, 2.05) is 13.8 Å². The summed E-state index contributed by atoms with van der Waals surface area (Å²) in [7, 11) is 0. The number of ether oxygens (including phenoxy) is 1. The maximum Gasteiger partial charge on any atom is 0.266 e. The van der Waals surface area contributed by atoms with E-state index in [-0.39, 0.29) is 5.91 Å². The zero-order valence-corrected chi connectivity index (χ0v) is 12.3. The molecule has 1 aliphatic rings. The number of hydrogen-bond acceptors (Lipinski definition) is 6. The Morgan fingerprint density at radius 1 is 1.30 bits per heavy atom. The number of carbonyl (C=O) groups excluding carboxylic acids is 1. The Hall–Kier alpha value is -1.73. The van der Waals surface area contributed by atoms with Gasteiger partial charge >= 0.3 is 0 Å². The van der Waals surface area contributed by atoms with Crippen LogP contribution in [0.4, 0.5) is 5.69 Å². The molecule has 0 aromatic carbocycles. The maximum atomic E-state index is 12.5. The topological polar surface area (TPSA) is 81.3 Å². The van der Waals surface area contributed by atoms with Crippen molar-refractivity contribution >= 4 is 33.1 Å². The second kappa shape index (κ2) is 4.99. The molecule has 0 unspecified atom stereocenters. The molecule has 2 N–H and O–H groups in total. The van der Waals surface area contributed by atoms with Crippen LogP contribution in [0.5, 0.6) is 0 Å². The van der Waals surface area contributed by atoms with Crippen molar-refractivity contribution in [1.29, 1.82) is 0 Å². The Labute approximate surface area is 120 Å². The van der Waals surface area contributed by atoms with Crippen LogP contribution in [0.3, 0.4) is 0 Å². The number of rotatable bonds is 1. The monoisotopic (exact) mass is 292 g/mol. The molecule has 1 aliphatic heterocycles. The average molecular weight is 292 g/mol. The highest BCUT2D eigenvalue weighted by molar-refractivity contribution is 7.21. The second-order valence-electron chi connectivity index (χ2n) is 4.84. The van der Waals surface area contributed by atoms with E-state index in [1.165, 1.54) is 11.3 Å². The molecule has 0 aliphatic carbocycles. The van der Waals surface area contributed by atoms with Crippen LogP contribution in [0.1, 0.15) is 20.9 Å². The molecule has 7 heteroatoms. The van der Waals surface area contributed by atoms with Crippen LogP contribution in [-0.4, -0.2) is 47.3 Å². The van der Waals surface area contributed by atoms with E-state index < -0.39 is 0 Å². The van der Waals surface area contributed by atoms with Gasteiger partial charge in [-0.15, -0.1) is 16.4 Å². The molecule has 0 radical (unpaired) electrons. The van der Waals surface area contributed by atoms with Crippen LogP contribution in [0.2, 0.25) is 0 Å². The molecule has 1 amide bonds. The number of nitrogens with zero attached hydrogens (tertiary/aromatic N) is 3. The number of amides is 1. The van der Waals surface area contributed by atoms with E-state index in [1.54, 1.807) is 4.90 Å². The molecular formula is C13H16N4O2S. The summed E-state index contributed by atoms with van der Waals surface area (Å²) in [5.41, 5.74) is 8.54. The van der Waals surface area contributed by atoms with Crippen LogP contribution in [0.15, 0.2) is 0 Å². The molecule has 20 heavy (non-hydrogen) atoms. The maximum absolute atomic E-state index is 12.5. The number of fused-ring (bicyclic) bond motifs is 1. The van der Waals surface area contributed by atoms with Gasteiger partial charge < -0.3 is 15.4 Å². The lowest BCUT2D eigenvalue weighted by molar-refractivity contribution is 0.0307. The van der Waals surface area contributed by atoms with Crippen LogP contribution in [0, 0.1) is 13.8 Å². The van der Waals surface area contributed by atoms with E-state index in [9.17, 15) is 4.79 Å². The number of nitrogen functional groups attached to an aromatic ring is 1. The summed E-state index contributed by atoms with van der Waals surface area (Å²) in [4.78, 5) is 15.6. The summed E-state index contributed by atoms with van der Waals surface area (Å²) >= 11 is 1.32. The van der Waals surface area contributed by atoms with Gasteiger partial charge in [-0.05, 0) is 19.4 Å². The van der Waals surface area contributed by atoms with Gasteiger partial charge in [0, 0.05) is 18.5 Å². The number of anilines is 1. The number of aryl methyl sites for hydroxylation is 2. The van der Waals surface area contributed by atoms with Gasteiger partial charge in [-0.2, -0.15) is 5.10 Å². The molecule has 2 aromatic heterocycles. The highest BCUT2D eigenvalue weighted by Gasteiger charge is 2.25. The van der Waals surface area contributed by atoms with Crippen molar-refractivity contribution in [3.05, 3.63) is 16.1 Å². The summed E-state index contributed by atoms with van der Waals surface area (Å²) < 4.78 is 5.27. The van der Waals surface area contributed by atoms with Crippen molar-refractivity contribution < 1.29 is 9.53 Å². The highest BCUT2D eigenvalue weighted by atomic mass is 32.1. The Bertz CT molecular complexity index is 677. The van der Waals surface area contributed by atoms with Crippen LogP contribution < -0.4 is 5.73 Å². The van der Waals surface area contributed by atoms with E-state index in [0.29, 0.717) is 36.9 Å². The summed E-state index contributed by atoms with van der Waals surface area (Å²) in [6.07, 6.45) is 0. The second-order valence-corrected chi connectivity index (χ2v) is 5.84. The summed E-state index contributed by atoms with van der Waals surface area (Å²) in [5.74, 6) is -0.0362. The molecule has 0 spiro atoms. The van der Waals surface area contributed by atoms with Crippen molar-refractivity contribution in [3.63, 3.8) is 0 Å². The van der Waals surface area contributed by atoms with Gasteiger partial charge in [-0.3, -0.25) is 4.79 Å². The lowest BCUT2D eigenvalue weighted by atomic mass is 10.1. The number of aromatic nitrogens is 2. The van der Waals surface area contributed by atoms with Crippen molar-refractivity contribution in [2.24, 2.45) is 0 Å². The lowest BCUT2D eigenvalue weighted by Crippen LogP contribution is -2.40.